The third-order valence-corrected chi connectivity index (χ3v) is 5.76. The van der Waals surface area contributed by atoms with Crippen molar-refractivity contribution in [3.05, 3.63) is 82.4 Å². The summed E-state index contributed by atoms with van der Waals surface area (Å²) in [4.78, 5) is 11.6. The molecule has 3 aromatic rings. The van der Waals surface area contributed by atoms with Gasteiger partial charge in [0.1, 0.15) is 23.7 Å². The summed E-state index contributed by atoms with van der Waals surface area (Å²) in [5, 5.41) is 10.2. The Morgan fingerprint density at radius 3 is 2.61 bits per heavy atom. The number of carbonyl (C=O) groups is 1. The van der Waals surface area contributed by atoms with Gasteiger partial charge in [0.2, 0.25) is 0 Å². The van der Waals surface area contributed by atoms with Gasteiger partial charge >= 0.3 is 5.97 Å². The molecule has 1 aliphatic rings. The van der Waals surface area contributed by atoms with Gasteiger partial charge < -0.3 is 14.6 Å². The Labute approximate surface area is 187 Å². The molecular formula is C26H25ClO4. The number of rotatable bonds is 6. The smallest absolute Gasteiger partial charge is 0.310 e. The molecule has 4 nitrogen and oxygen atoms in total. The van der Waals surface area contributed by atoms with Crippen LogP contribution in [0.4, 0.5) is 0 Å². The zero-order valence-corrected chi connectivity index (χ0v) is 18.6. The lowest BCUT2D eigenvalue weighted by atomic mass is 9.91. The third kappa shape index (κ3) is 4.54. The zero-order valence-electron chi connectivity index (χ0n) is 17.8. The average molecular weight is 437 g/mol. The summed E-state index contributed by atoms with van der Waals surface area (Å²) in [6, 6.07) is 19.1. The zero-order chi connectivity index (χ0) is 22.2. The van der Waals surface area contributed by atoms with Crippen molar-refractivity contribution in [2.75, 3.05) is 0 Å². The van der Waals surface area contributed by atoms with Crippen LogP contribution in [-0.2, 0) is 17.8 Å². The van der Waals surface area contributed by atoms with E-state index in [0.717, 1.165) is 40.0 Å². The number of fused-ring (bicyclic) bond motifs is 1. The van der Waals surface area contributed by atoms with Gasteiger partial charge in [-0.15, -0.1) is 0 Å². The van der Waals surface area contributed by atoms with E-state index in [0.29, 0.717) is 17.4 Å². The SMILES string of the molecule is CC(C(=O)O)c1ccc(OCc2cc(Cl)cc3c2OC(C)(C)C3)cc1-c1ccccc1. The normalized spacial score (nSPS) is 15.1. The molecule has 1 aliphatic heterocycles. The highest BCUT2D eigenvalue weighted by atomic mass is 35.5. The molecule has 0 radical (unpaired) electrons. The van der Waals surface area contributed by atoms with E-state index in [1.807, 2.05) is 60.7 Å². The maximum Gasteiger partial charge on any atom is 0.310 e. The molecule has 0 saturated carbocycles. The summed E-state index contributed by atoms with van der Waals surface area (Å²) in [6.07, 6.45) is 0.801. The highest BCUT2D eigenvalue weighted by Crippen LogP contribution is 2.40. The number of halogens is 1. The quantitative estimate of drug-likeness (QED) is 0.480. The minimum Gasteiger partial charge on any atom is -0.489 e. The fraction of sp³-hybridized carbons (Fsp3) is 0.269. The molecule has 0 saturated heterocycles. The van der Waals surface area contributed by atoms with Crippen molar-refractivity contribution in [1.82, 2.24) is 0 Å². The maximum atomic E-state index is 11.6. The molecule has 160 valence electrons. The van der Waals surface area contributed by atoms with Gasteiger partial charge in [-0.3, -0.25) is 4.79 Å². The molecular weight excluding hydrogens is 412 g/mol. The van der Waals surface area contributed by atoms with Gasteiger partial charge in [0.15, 0.2) is 0 Å². The van der Waals surface area contributed by atoms with Crippen LogP contribution < -0.4 is 9.47 Å². The van der Waals surface area contributed by atoms with Crippen molar-refractivity contribution in [3.8, 4) is 22.6 Å². The van der Waals surface area contributed by atoms with E-state index < -0.39 is 11.9 Å². The lowest BCUT2D eigenvalue weighted by Gasteiger charge is -2.19. The minimum atomic E-state index is -0.861. The fourth-order valence-electron chi connectivity index (χ4n) is 4.02. The molecule has 1 N–H and O–H groups in total. The standard InChI is InChI=1S/C26H25ClO4/c1-16(25(28)29)22-10-9-21(13-23(22)17-7-5-4-6-8-17)30-15-19-12-20(27)11-18-14-26(2,3)31-24(18)19/h4-13,16H,14-15H2,1-3H3,(H,28,29). The summed E-state index contributed by atoms with van der Waals surface area (Å²) in [6.45, 7) is 6.11. The van der Waals surface area contributed by atoms with Crippen molar-refractivity contribution in [2.24, 2.45) is 0 Å². The lowest BCUT2D eigenvalue weighted by Crippen LogP contribution is -2.25. The molecule has 5 heteroatoms. The highest BCUT2D eigenvalue weighted by Gasteiger charge is 2.32. The second-order valence-corrected chi connectivity index (χ2v) is 8.99. The van der Waals surface area contributed by atoms with Crippen LogP contribution >= 0.6 is 11.6 Å². The van der Waals surface area contributed by atoms with Gasteiger partial charge in [-0.05, 0) is 67.3 Å². The average Bonchev–Trinajstić information content (AvgIpc) is 3.05. The van der Waals surface area contributed by atoms with Crippen LogP contribution in [0.3, 0.4) is 0 Å². The van der Waals surface area contributed by atoms with Crippen molar-refractivity contribution in [3.63, 3.8) is 0 Å². The molecule has 0 fully saturated rings. The van der Waals surface area contributed by atoms with E-state index in [-0.39, 0.29) is 5.60 Å². The molecule has 4 rings (SSSR count). The summed E-state index contributed by atoms with van der Waals surface area (Å²) in [5.41, 5.74) is 4.27. The van der Waals surface area contributed by atoms with E-state index in [1.54, 1.807) is 6.92 Å². The van der Waals surface area contributed by atoms with Crippen LogP contribution in [-0.4, -0.2) is 16.7 Å². The number of hydrogen-bond donors (Lipinski definition) is 1. The van der Waals surface area contributed by atoms with Crippen molar-refractivity contribution >= 4 is 17.6 Å². The largest absolute Gasteiger partial charge is 0.489 e. The lowest BCUT2D eigenvalue weighted by molar-refractivity contribution is -0.138. The molecule has 0 spiro atoms. The Morgan fingerprint density at radius 2 is 1.90 bits per heavy atom. The fourth-order valence-corrected chi connectivity index (χ4v) is 4.28. The third-order valence-electron chi connectivity index (χ3n) is 5.54. The first-order chi connectivity index (χ1) is 14.7. The highest BCUT2D eigenvalue weighted by molar-refractivity contribution is 6.30. The molecule has 1 heterocycles. The van der Waals surface area contributed by atoms with Gasteiger partial charge in [0.05, 0.1) is 5.92 Å². The number of benzene rings is 3. The molecule has 0 aromatic heterocycles. The number of carboxylic acid groups (broad SMARTS) is 1. The van der Waals surface area contributed by atoms with Crippen LogP contribution in [0, 0.1) is 0 Å². The van der Waals surface area contributed by atoms with Crippen LogP contribution in [0.25, 0.3) is 11.1 Å². The summed E-state index contributed by atoms with van der Waals surface area (Å²) in [5.74, 6) is 0.0103. The Hall–Kier alpha value is -2.98. The first-order valence-electron chi connectivity index (χ1n) is 10.3. The second kappa shape index (κ2) is 8.27. The minimum absolute atomic E-state index is 0.267. The molecule has 31 heavy (non-hydrogen) atoms. The van der Waals surface area contributed by atoms with E-state index in [1.165, 1.54) is 0 Å². The number of ether oxygens (including phenoxy) is 2. The molecule has 1 unspecified atom stereocenters. The van der Waals surface area contributed by atoms with Crippen LogP contribution in [0.15, 0.2) is 60.7 Å². The number of hydrogen-bond acceptors (Lipinski definition) is 3. The monoisotopic (exact) mass is 436 g/mol. The van der Waals surface area contributed by atoms with Gasteiger partial charge in [-0.25, -0.2) is 0 Å². The van der Waals surface area contributed by atoms with E-state index in [4.69, 9.17) is 21.1 Å². The summed E-state index contributed by atoms with van der Waals surface area (Å²) in [7, 11) is 0. The first kappa shape index (κ1) is 21.3. The first-order valence-corrected chi connectivity index (χ1v) is 10.7. The Bertz CT molecular complexity index is 1120. The van der Waals surface area contributed by atoms with Gasteiger partial charge in [-0.1, -0.05) is 48.0 Å². The molecule has 0 bridgehead atoms. The second-order valence-electron chi connectivity index (χ2n) is 8.56. The topological polar surface area (TPSA) is 55.8 Å². The van der Waals surface area contributed by atoms with Gasteiger partial charge in [0, 0.05) is 17.0 Å². The van der Waals surface area contributed by atoms with Crippen molar-refractivity contribution in [1.29, 1.82) is 0 Å². The molecule has 3 aromatic carbocycles. The summed E-state index contributed by atoms with van der Waals surface area (Å²) >= 11 is 6.33. The van der Waals surface area contributed by atoms with Gasteiger partial charge in [0.25, 0.3) is 0 Å². The van der Waals surface area contributed by atoms with Crippen LogP contribution in [0.2, 0.25) is 5.02 Å². The Morgan fingerprint density at radius 1 is 1.16 bits per heavy atom. The molecule has 0 aliphatic carbocycles. The van der Waals surface area contributed by atoms with Crippen molar-refractivity contribution < 1.29 is 19.4 Å². The molecule has 1 atom stereocenters. The van der Waals surface area contributed by atoms with E-state index >= 15 is 0 Å². The summed E-state index contributed by atoms with van der Waals surface area (Å²) < 4.78 is 12.2. The van der Waals surface area contributed by atoms with Gasteiger partial charge in [-0.2, -0.15) is 0 Å². The van der Waals surface area contributed by atoms with Crippen LogP contribution in [0.1, 0.15) is 43.4 Å². The predicted octanol–water partition coefficient (Wildman–Crippen LogP) is 6.49. The molecule has 0 amide bonds. The Balaban J connectivity index is 1.65. The maximum absolute atomic E-state index is 11.6. The van der Waals surface area contributed by atoms with Crippen molar-refractivity contribution in [2.45, 2.75) is 45.3 Å². The Kier molecular flexibility index (Phi) is 5.67. The predicted molar refractivity (Wildman–Crippen MR) is 122 cm³/mol. The van der Waals surface area contributed by atoms with E-state index in [2.05, 4.69) is 13.8 Å². The van der Waals surface area contributed by atoms with E-state index in [9.17, 15) is 9.90 Å². The van der Waals surface area contributed by atoms with Crippen LogP contribution in [0.5, 0.6) is 11.5 Å². The number of carboxylic acids is 1. The number of aliphatic carboxylic acids is 1.